The zero-order chi connectivity index (χ0) is 22.8. The van der Waals surface area contributed by atoms with Crippen molar-refractivity contribution in [3.63, 3.8) is 0 Å². The molecule has 2 amide bonds. The summed E-state index contributed by atoms with van der Waals surface area (Å²) in [6, 6.07) is 15.3. The summed E-state index contributed by atoms with van der Waals surface area (Å²) in [5, 5.41) is 2.93. The van der Waals surface area contributed by atoms with E-state index in [4.69, 9.17) is 4.74 Å². The van der Waals surface area contributed by atoms with Gasteiger partial charge in [0, 0.05) is 13.1 Å². The first-order valence-electron chi connectivity index (χ1n) is 11.2. The topological polar surface area (TPSA) is 58.6 Å². The van der Waals surface area contributed by atoms with Gasteiger partial charge in [-0.2, -0.15) is 0 Å². The summed E-state index contributed by atoms with van der Waals surface area (Å²) < 4.78 is 5.78. The molecule has 5 nitrogen and oxygen atoms in total. The predicted molar refractivity (Wildman–Crippen MR) is 125 cm³/mol. The van der Waals surface area contributed by atoms with Crippen molar-refractivity contribution < 1.29 is 14.3 Å². The minimum atomic E-state index is -0.536. The SMILES string of the molecule is CCCNC(=O)[C@H](CC)N(Cc1cccc(C)c1)C(=O)COc1ccc(C(C)C)cc1. The molecule has 0 fully saturated rings. The molecule has 0 aliphatic carbocycles. The number of carbonyl (C=O) groups is 2. The van der Waals surface area contributed by atoms with Gasteiger partial charge >= 0.3 is 0 Å². The Kier molecular flexibility index (Phi) is 9.57. The number of rotatable bonds is 11. The molecule has 0 saturated heterocycles. The van der Waals surface area contributed by atoms with Crippen molar-refractivity contribution in [1.82, 2.24) is 10.2 Å². The third-order valence-electron chi connectivity index (χ3n) is 5.28. The van der Waals surface area contributed by atoms with Crippen molar-refractivity contribution >= 4 is 11.8 Å². The monoisotopic (exact) mass is 424 g/mol. The molecular formula is C26H36N2O3. The van der Waals surface area contributed by atoms with Gasteiger partial charge in [-0.25, -0.2) is 0 Å². The van der Waals surface area contributed by atoms with Gasteiger partial charge < -0.3 is 15.0 Å². The van der Waals surface area contributed by atoms with Crippen LogP contribution in [-0.2, 0) is 16.1 Å². The first-order chi connectivity index (χ1) is 14.8. The lowest BCUT2D eigenvalue weighted by Gasteiger charge is -2.30. The van der Waals surface area contributed by atoms with Crippen LogP contribution in [0, 0.1) is 6.92 Å². The van der Waals surface area contributed by atoms with Crippen molar-refractivity contribution in [2.75, 3.05) is 13.2 Å². The van der Waals surface area contributed by atoms with Gasteiger partial charge in [0.1, 0.15) is 11.8 Å². The van der Waals surface area contributed by atoms with Crippen LogP contribution in [0.25, 0.3) is 0 Å². The molecule has 31 heavy (non-hydrogen) atoms. The second-order valence-electron chi connectivity index (χ2n) is 8.24. The summed E-state index contributed by atoms with van der Waals surface area (Å²) in [5.41, 5.74) is 3.34. The fourth-order valence-corrected chi connectivity index (χ4v) is 3.47. The van der Waals surface area contributed by atoms with Crippen molar-refractivity contribution in [2.24, 2.45) is 0 Å². The Morgan fingerprint density at radius 3 is 2.35 bits per heavy atom. The molecule has 0 unspecified atom stereocenters. The highest BCUT2D eigenvalue weighted by Gasteiger charge is 2.28. The van der Waals surface area contributed by atoms with Crippen LogP contribution >= 0.6 is 0 Å². The van der Waals surface area contributed by atoms with E-state index in [1.807, 2.05) is 69.3 Å². The van der Waals surface area contributed by atoms with Crippen LogP contribution in [0.15, 0.2) is 48.5 Å². The average Bonchev–Trinajstić information content (AvgIpc) is 2.76. The van der Waals surface area contributed by atoms with E-state index in [2.05, 4.69) is 19.2 Å². The quantitative estimate of drug-likeness (QED) is 0.562. The molecule has 1 atom stereocenters. The molecule has 2 rings (SSSR count). The number of amides is 2. The van der Waals surface area contributed by atoms with E-state index in [-0.39, 0.29) is 18.4 Å². The summed E-state index contributed by atoms with van der Waals surface area (Å²) in [5.74, 6) is 0.767. The second kappa shape index (κ2) is 12.1. The van der Waals surface area contributed by atoms with Gasteiger partial charge in [0.25, 0.3) is 5.91 Å². The molecular weight excluding hydrogens is 388 g/mol. The maximum Gasteiger partial charge on any atom is 0.261 e. The van der Waals surface area contributed by atoms with Gasteiger partial charge in [-0.15, -0.1) is 0 Å². The number of carbonyl (C=O) groups excluding carboxylic acids is 2. The van der Waals surface area contributed by atoms with Gasteiger partial charge in [-0.3, -0.25) is 9.59 Å². The Labute approximate surface area is 186 Å². The van der Waals surface area contributed by atoms with Crippen molar-refractivity contribution in [3.8, 4) is 5.75 Å². The standard InChI is InChI=1S/C26H36N2O3/c1-6-15-27-26(30)24(7-2)28(17-21-10-8-9-20(5)16-21)25(29)18-31-23-13-11-22(12-14-23)19(3)4/h8-14,16,19,24H,6-7,15,17-18H2,1-5H3,(H,27,30)/t24-/m0/s1. The lowest BCUT2D eigenvalue weighted by Crippen LogP contribution is -2.50. The molecule has 0 aliphatic rings. The molecule has 2 aromatic rings. The van der Waals surface area contributed by atoms with E-state index >= 15 is 0 Å². The zero-order valence-electron chi connectivity index (χ0n) is 19.5. The van der Waals surface area contributed by atoms with Gasteiger partial charge in [-0.05, 0) is 48.9 Å². The summed E-state index contributed by atoms with van der Waals surface area (Å²) in [7, 11) is 0. The molecule has 168 valence electrons. The number of nitrogens with zero attached hydrogens (tertiary/aromatic N) is 1. The summed E-state index contributed by atoms with van der Waals surface area (Å²) in [6.45, 7) is 11.1. The molecule has 0 aliphatic heterocycles. The van der Waals surface area contributed by atoms with Crippen LogP contribution in [0.1, 0.15) is 63.1 Å². The van der Waals surface area contributed by atoms with Crippen molar-refractivity contribution in [1.29, 1.82) is 0 Å². The maximum absolute atomic E-state index is 13.2. The number of hydrogen-bond acceptors (Lipinski definition) is 3. The van der Waals surface area contributed by atoms with Gasteiger partial charge in [0.05, 0.1) is 0 Å². The summed E-state index contributed by atoms with van der Waals surface area (Å²) in [4.78, 5) is 27.6. The Morgan fingerprint density at radius 2 is 1.77 bits per heavy atom. The smallest absolute Gasteiger partial charge is 0.261 e. The highest BCUT2D eigenvalue weighted by Crippen LogP contribution is 2.19. The lowest BCUT2D eigenvalue weighted by molar-refractivity contribution is -0.143. The molecule has 0 aromatic heterocycles. The Balaban J connectivity index is 2.16. The third kappa shape index (κ3) is 7.42. The number of hydrogen-bond donors (Lipinski definition) is 1. The van der Waals surface area contributed by atoms with E-state index in [0.29, 0.717) is 31.2 Å². The molecule has 0 bridgehead atoms. The van der Waals surface area contributed by atoms with E-state index in [9.17, 15) is 9.59 Å². The average molecular weight is 425 g/mol. The van der Waals surface area contributed by atoms with E-state index in [1.165, 1.54) is 5.56 Å². The van der Waals surface area contributed by atoms with Gasteiger partial charge in [0.15, 0.2) is 6.61 Å². The molecule has 5 heteroatoms. The van der Waals surface area contributed by atoms with Crippen LogP contribution in [-0.4, -0.2) is 35.9 Å². The Morgan fingerprint density at radius 1 is 1.06 bits per heavy atom. The van der Waals surface area contributed by atoms with Crippen LogP contribution in [0.5, 0.6) is 5.75 Å². The fourth-order valence-electron chi connectivity index (χ4n) is 3.47. The summed E-state index contributed by atoms with van der Waals surface area (Å²) in [6.07, 6.45) is 1.39. The van der Waals surface area contributed by atoms with Crippen LogP contribution < -0.4 is 10.1 Å². The minimum absolute atomic E-state index is 0.107. The predicted octanol–water partition coefficient (Wildman–Crippen LogP) is 4.83. The molecule has 0 heterocycles. The number of aryl methyl sites for hydroxylation is 1. The van der Waals surface area contributed by atoms with Crippen molar-refractivity contribution in [3.05, 3.63) is 65.2 Å². The van der Waals surface area contributed by atoms with Crippen LogP contribution in [0.3, 0.4) is 0 Å². The van der Waals surface area contributed by atoms with Gasteiger partial charge in [-0.1, -0.05) is 69.7 Å². The lowest BCUT2D eigenvalue weighted by atomic mass is 10.0. The molecule has 0 spiro atoms. The normalized spacial score (nSPS) is 11.8. The molecule has 0 radical (unpaired) electrons. The van der Waals surface area contributed by atoms with E-state index in [0.717, 1.165) is 17.5 Å². The van der Waals surface area contributed by atoms with Crippen LogP contribution in [0.4, 0.5) is 0 Å². The van der Waals surface area contributed by atoms with Crippen molar-refractivity contribution in [2.45, 2.75) is 66.0 Å². The first-order valence-corrected chi connectivity index (χ1v) is 11.2. The largest absolute Gasteiger partial charge is 0.484 e. The van der Waals surface area contributed by atoms with E-state index < -0.39 is 6.04 Å². The summed E-state index contributed by atoms with van der Waals surface area (Å²) >= 11 is 0. The third-order valence-corrected chi connectivity index (χ3v) is 5.28. The molecule has 1 N–H and O–H groups in total. The highest BCUT2D eigenvalue weighted by atomic mass is 16.5. The van der Waals surface area contributed by atoms with E-state index in [1.54, 1.807) is 4.90 Å². The first kappa shape index (κ1) is 24.4. The molecule has 0 saturated carbocycles. The fraction of sp³-hybridized carbons (Fsp3) is 0.462. The van der Waals surface area contributed by atoms with Gasteiger partial charge in [0.2, 0.25) is 5.91 Å². The zero-order valence-corrected chi connectivity index (χ0v) is 19.5. The minimum Gasteiger partial charge on any atom is -0.484 e. The Hall–Kier alpha value is -2.82. The number of ether oxygens (including phenoxy) is 1. The highest BCUT2D eigenvalue weighted by molar-refractivity contribution is 5.88. The second-order valence-corrected chi connectivity index (χ2v) is 8.24. The Bertz CT molecular complexity index is 846. The number of nitrogens with one attached hydrogen (secondary N) is 1. The molecule has 2 aromatic carbocycles. The number of benzene rings is 2. The maximum atomic E-state index is 13.2. The van der Waals surface area contributed by atoms with Crippen LogP contribution in [0.2, 0.25) is 0 Å².